The Labute approximate surface area is 248 Å². The highest BCUT2D eigenvalue weighted by Gasteiger charge is 2.41. The van der Waals surface area contributed by atoms with E-state index in [2.05, 4.69) is 80.2 Å². The Morgan fingerprint density at radius 1 is 1.02 bits per heavy atom. The summed E-state index contributed by atoms with van der Waals surface area (Å²) in [7, 11) is 4.09. The molecule has 2 aromatic carbocycles. The summed E-state index contributed by atoms with van der Waals surface area (Å²) >= 11 is 5.87. The number of hydrogen-bond acceptors (Lipinski definition) is 4. The van der Waals surface area contributed by atoms with Crippen LogP contribution in [0.4, 0.5) is 11.4 Å². The van der Waals surface area contributed by atoms with E-state index in [1.807, 2.05) is 64.5 Å². The van der Waals surface area contributed by atoms with Crippen molar-refractivity contribution in [3.63, 3.8) is 0 Å². The third-order valence-electron chi connectivity index (χ3n) is 7.86. The van der Waals surface area contributed by atoms with Crippen LogP contribution in [-0.4, -0.2) is 46.1 Å². The zero-order valence-electron chi connectivity index (χ0n) is 24.6. The number of hydrogen-bond donors (Lipinski definition) is 2. The van der Waals surface area contributed by atoms with Gasteiger partial charge in [0.15, 0.2) is 5.11 Å². The lowest BCUT2D eigenvalue weighted by Crippen LogP contribution is -2.33. The predicted octanol–water partition coefficient (Wildman–Crippen LogP) is 6.17. The average molecular weight is 567 g/mol. The van der Waals surface area contributed by atoms with Crippen molar-refractivity contribution in [1.29, 1.82) is 0 Å². The minimum Gasteiger partial charge on any atom is -0.378 e. The first-order valence-electron chi connectivity index (χ1n) is 14.0. The maximum absolute atomic E-state index is 13.1. The van der Waals surface area contributed by atoms with Gasteiger partial charge in [0.05, 0.1) is 17.8 Å². The van der Waals surface area contributed by atoms with E-state index in [0.29, 0.717) is 18.1 Å². The van der Waals surface area contributed by atoms with E-state index < -0.39 is 0 Å². The summed E-state index contributed by atoms with van der Waals surface area (Å²) in [4.78, 5) is 22.0. The van der Waals surface area contributed by atoms with Gasteiger partial charge in [-0.05, 0) is 105 Å². The van der Waals surface area contributed by atoms with Crippen LogP contribution in [0.1, 0.15) is 52.3 Å². The largest absolute Gasteiger partial charge is 0.378 e. The van der Waals surface area contributed by atoms with Gasteiger partial charge in [0.1, 0.15) is 0 Å². The fourth-order valence-corrected chi connectivity index (χ4v) is 6.01. The fraction of sp³-hybridized carbons (Fsp3) is 0.303. The minimum atomic E-state index is -0.143. The Bertz CT molecular complexity index is 1560. The van der Waals surface area contributed by atoms with Crippen LogP contribution in [0.3, 0.4) is 0 Å². The molecule has 2 atom stereocenters. The number of thiocarbonyl (C=S) groups is 1. The first-order valence-corrected chi connectivity index (χ1v) is 14.4. The molecule has 2 N–H and O–H groups in total. The molecular formula is C33H38N6OS. The Morgan fingerprint density at radius 3 is 2.46 bits per heavy atom. The Hall–Kier alpha value is -4.17. The summed E-state index contributed by atoms with van der Waals surface area (Å²) in [5, 5.41) is 7.25. The summed E-state index contributed by atoms with van der Waals surface area (Å²) < 4.78 is 2.29. The lowest BCUT2D eigenvalue weighted by atomic mass is 9.96. The average Bonchev–Trinajstić information content (AvgIpc) is 3.44. The van der Waals surface area contributed by atoms with Crippen molar-refractivity contribution in [2.75, 3.05) is 30.9 Å². The van der Waals surface area contributed by atoms with E-state index in [4.69, 9.17) is 12.2 Å². The van der Waals surface area contributed by atoms with Gasteiger partial charge in [-0.3, -0.25) is 9.78 Å². The third kappa shape index (κ3) is 5.84. The molecule has 1 amide bonds. The molecule has 5 rings (SSSR count). The quantitative estimate of drug-likeness (QED) is 0.249. The van der Waals surface area contributed by atoms with Gasteiger partial charge in [0, 0.05) is 61.7 Å². The topological polar surface area (TPSA) is 65.4 Å². The first kappa shape index (κ1) is 28.4. The molecule has 1 aliphatic heterocycles. The number of nitrogens with zero attached hydrogens (tertiary/aromatic N) is 4. The Kier molecular flexibility index (Phi) is 8.13. The number of aromatic nitrogens is 2. The van der Waals surface area contributed by atoms with Crippen molar-refractivity contribution in [3.8, 4) is 5.69 Å². The van der Waals surface area contributed by atoms with Crippen molar-refractivity contribution in [3.05, 3.63) is 107 Å². The van der Waals surface area contributed by atoms with Crippen LogP contribution in [0, 0.1) is 27.7 Å². The van der Waals surface area contributed by atoms with Gasteiger partial charge in [-0.25, -0.2) is 0 Å². The van der Waals surface area contributed by atoms with Gasteiger partial charge in [0.2, 0.25) is 5.91 Å². The van der Waals surface area contributed by atoms with Crippen LogP contribution in [0.15, 0.2) is 72.9 Å². The van der Waals surface area contributed by atoms with Crippen molar-refractivity contribution >= 4 is 34.6 Å². The molecule has 0 saturated carbocycles. The van der Waals surface area contributed by atoms with Crippen LogP contribution in [0.2, 0.25) is 0 Å². The molecule has 2 aromatic heterocycles. The van der Waals surface area contributed by atoms with E-state index in [1.54, 1.807) is 0 Å². The van der Waals surface area contributed by atoms with Crippen LogP contribution in [0.5, 0.6) is 0 Å². The zero-order valence-corrected chi connectivity index (χ0v) is 25.4. The van der Waals surface area contributed by atoms with Crippen molar-refractivity contribution < 1.29 is 4.79 Å². The normalized spacial score (nSPS) is 16.5. The molecule has 1 saturated heterocycles. The molecule has 4 aromatic rings. The maximum Gasteiger partial charge on any atom is 0.226 e. The summed E-state index contributed by atoms with van der Waals surface area (Å²) in [5.41, 5.74) is 9.63. The van der Waals surface area contributed by atoms with E-state index >= 15 is 0 Å². The molecule has 0 spiro atoms. The van der Waals surface area contributed by atoms with Gasteiger partial charge in [0.25, 0.3) is 0 Å². The highest BCUT2D eigenvalue weighted by Crippen LogP contribution is 2.41. The first-order chi connectivity index (χ1) is 19.6. The molecule has 0 aliphatic carbocycles. The number of benzene rings is 2. The summed E-state index contributed by atoms with van der Waals surface area (Å²) in [6.07, 6.45) is 2.12. The van der Waals surface area contributed by atoms with Gasteiger partial charge in [-0.2, -0.15) is 0 Å². The van der Waals surface area contributed by atoms with Crippen LogP contribution in [-0.2, 0) is 4.79 Å². The van der Waals surface area contributed by atoms with Crippen molar-refractivity contribution in [1.82, 2.24) is 19.8 Å². The maximum atomic E-state index is 13.1. The van der Waals surface area contributed by atoms with E-state index in [9.17, 15) is 4.79 Å². The molecule has 8 heteroatoms. The standard InChI is InChI=1S/C33H38N6OS/c1-21-10-11-22(2)29(19-21)35-30(40)16-18-38-32(31(36-33(38)41)28-9-7-8-17-34-28)27-20-23(3)39(24(27)4)26-14-12-25(13-15-26)37(5)6/h7-15,17,19-20,31-32H,16,18H2,1-6H3,(H,35,40)(H,36,41)/t31-,32-/m0/s1. The highest BCUT2D eigenvalue weighted by molar-refractivity contribution is 7.80. The van der Waals surface area contributed by atoms with E-state index in [-0.39, 0.29) is 18.0 Å². The van der Waals surface area contributed by atoms with Gasteiger partial charge in [-0.15, -0.1) is 0 Å². The fourth-order valence-electron chi connectivity index (χ4n) is 5.67. The Morgan fingerprint density at radius 2 is 1.78 bits per heavy atom. The van der Waals surface area contributed by atoms with E-state index in [0.717, 1.165) is 50.8 Å². The zero-order chi connectivity index (χ0) is 29.3. The number of nitrogens with one attached hydrogen (secondary N) is 2. The molecule has 0 bridgehead atoms. The highest BCUT2D eigenvalue weighted by atomic mass is 32.1. The molecule has 0 radical (unpaired) electrons. The second-order valence-electron chi connectivity index (χ2n) is 11.0. The second-order valence-corrected chi connectivity index (χ2v) is 11.4. The van der Waals surface area contributed by atoms with Crippen LogP contribution < -0.4 is 15.5 Å². The SMILES string of the molecule is Cc1ccc(C)c(NC(=O)CCN2C(=S)N[C@@H](c3ccccn3)[C@@H]2c2cc(C)n(-c3ccc(N(C)C)cc3)c2C)c1. The Balaban J connectivity index is 1.46. The molecule has 1 fully saturated rings. The predicted molar refractivity (Wildman–Crippen MR) is 171 cm³/mol. The van der Waals surface area contributed by atoms with Gasteiger partial charge >= 0.3 is 0 Å². The van der Waals surface area contributed by atoms with Crippen molar-refractivity contribution in [2.24, 2.45) is 0 Å². The van der Waals surface area contributed by atoms with E-state index in [1.165, 1.54) is 0 Å². The number of carbonyl (C=O) groups is 1. The molecule has 3 heterocycles. The summed E-state index contributed by atoms with van der Waals surface area (Å²) in [5.74, 6) is -0.0343. The number of amides is 1. The minimum absolute atomic E-state index is 0.0343. The molecule has 0 unspecified atom stereocenters. The number of carbonyl (C=O) groups excluding carboxylic acids is 1. The number of aryl methyl sites for hydroxylation is 3. The monoisotopic (exact) mass is 566 g/mol. The molecule has 212 valence electrons. The lowest BCUT2D eigenvalue weighted by Gasteiger charge is -2.28. The summed E-state index contributed by atoms with van der Waals surface area (Å²) in [6, 6.07) is 22.6. The molecule has 7 nitrogen and oxygen atoms in total. The second kappa shape index (κ2) is 11.7. The lowest BCUT2D eigenvalue weighted by molar-refractivity contribution is -0.116. The number of rotatable bonds is 8. The smallest absolute Gasteiger partial charge is 0.226 e. The molecule has 1 aliphatic rings. The number of pyridine rings is 1. The number of anilines is 2. The van der Waals surface area contributed by atoms with Gasteiger partial charge in [-0.1, -0.05) is 18.2 Å². The molecule has 41 heavy (non-hydrogen) atoms. The van der Waals surface area contributed by atoms with Crippen LogP contribution >= 0.6 is 12.2 Å². The van der Waals surface area contributed by atoms with Gasteiger partial charge < -0.3 is 25.0 Å². The van der Waals surface area contributed by atoms with Crippen molar-refractivity contribution in [2.45, 2.75) is 46.2 Å². The molecular weight excluding hydrogens is 528 g/mol. The summed E-state index contributed by atoms with van der Waals surface area (Å²) in [6.45, 7) is 8.81. The third-order valence-corrected chi connectivity index (χ3v) is 8.21. The van der Waals surface area contributed by atoms with Crippen LogP contribution in [0.25, 0.3) is 5.69 Å².